The molecule has 4 heteroatoms. The maximum absolute atomic E-state index is 13.6. The summed E-state index contributed by atoms with van der Waals surface area (Å²) in [5.74, 6) is 0.770. The fourth-order valence-corrected chi connectivity index (χ4v) is 4.88. The summed E-state index contributed by atoms with van der Waals surface area (Å²) in [7, 11) is 1.74. The molecule has 1 aliphatic heterocycles. The van der Waals surface area contributed by atoms with Gasteiger partial charge in [-0.1, -0.05) is 29.8 Å². The molecule has 0 N–H and O–H groups in total. The lowest BCUT2D eigenvalue weighted by molar-refractivity contribution is -0.122. The van der Waals surface area contributed by atoms with E-state index in [0.29, 0.717) is 10.9 Å². The lowest BCUT2D eigenvalue weighted by Gasteiger charge is -2.24. The molecule has 0 radical (unpaired) electrons. The van der Waals surface area contributed by atoms with E-state index in [0.717, 1.165) is 55.6 Å². The topological polar surface area (TPSA) is 29.5 Å². The second kappa shape index (κ2) is 7.05. The van der Waals surface area contributed by atoms with E-state index in [1.54, 1.807) is 7.11 Å². The minimum atomic E-state index is -0.423. The molecule has 0 bridgehead atoms. The van der Waals surface area contributed by atoms with Crippen molar-refractivity contribution in [2.75, 3.05) is 18.6 Å². The Morgan fingerprint density at radius 2 is 2.04 bits per heavy atom. The number of halogens is 1. The van der Waals surface area contributed by atoms with E-state index in [-0.39, 0.29) is 5.91 Å². The van der Waals surface area contributed by atoms with Crippen LogP contribution in [0, 0.1) is 5.92 Å². The molecule has 1 spiro atoms. The number of rotatable bonds is 5. The van der Waals surface area contributed by atoms with Crippen LogP contribution in [0.1, 0.15) is 37.7 Å². The van der Waals surface area contributed by atoms with Gasteiger partial charge in [-0.2, -0.15) is 0 Å². The predicted octanol–water partition coefficient (Wildman–Crippen LogP) is 5.48. The van der Waals surface area contributed by atoms with E-state index in [1.807, 2.05) is 53.4 Å². The van der Waals surface area contributed by atoms with Crippen molar-refractivity contribution in [2.45, 2.75) is 37.5 Å². The standard InChI is InChI=1S/C22H24ClNO2/c1-26-13-5-6-16-11-12-22(15-16)19-14-17(23)9-10-20(19)24(21(22)25)18-7-3-2-4-8-18/h2-4,7-10,14,16H,5-6,11-13,15H2,1H3/t16-,22-/m1/s1. The normalized spacial score (nSPS) is 24.5. The molecule has 0 aromatic heterocycles. The Bertz CT molecular complexity index is 807. The van der Waals surface area contributed by atoms with E-state index in [9.17, 15) is 4.79 Å². The van der Waals surface area contributed by atoms with Crippen LogP contribution in [0.4, 0.5) is 11.4 Å². The summed E-state index contributed by atoms with van der Waals surface area (Å²) in [6.07, 6.45) is 5.07. The van der Waals surface area contributed by atoms with E-state index in [1.165, 1.54) is 0 Å². The number of carbonyl (C=O) groups excluding carboxylic acids is 1. The predicted molar refractivity (Wildman–Crippen MR) is 105 cm³/mol. The minimum Gasteiger partial charge on any atom is -0.385 e. The summed E-state index contributed by atoms with van der Waals surface area (Å²) in [6, 6.07) is 15.8. The zero-order valence-corrected chi connectivity index (χ0v) is 15.8. The molecule has 2 aromatic rings. The van der Waals surface area contributed by atoms with Gasteiger partial charge in [-0.15, -0.1) is 0 Å². The van der Waals surface area contributed by atoms with Gasteiger partial charge in [-0.05, 0) is 73.9 Å². The van der Waals surface area contributed by atoms with Gasteiger partial charge in [0.2, 0.25) is 5.91 Å². The number of carbonyl (C=O) groups is 1. The molecule has 4 rings (SSSR count). The van der Waals surface area contributed by atoms with Crippen LogP contribution in [0.3, 0.4) is 0 Å². The molecule has 1 aliphatic carbocycles. The minimum absolute atomic E-state index is 0.204. The Kier molecular flexibility index (Phi) is 4.76. The number of para-hydroxylation sites is 1. The average Bonchev–Trinajstić information content (AvgIpc) is 3.18. The molecular weight excluding hydrogens is 346 g/mol. The Hall–Kier alpha value is -1.84. The van der Waals surface area contributed by atoms with E-state index in [2.05, 4.69) is 0 Å². The number of methoxy groups -OCH3 is 1. The van der Waals surface area contributed by atoms with E-state index < -0.39 is 5.41 Å². The first-order chi connectivity index (χ1) is 12.7. The quantitative estimate of drug-likeness (QED) is 0.653. The van der Waals surface area contributed by atoms with Crippen LogP contribution in [0.15, 0.2) is 48.5 Å². The number of anilines is 2. The molecule has 2 aliphatic rings. The first kappa shape index (κ1) is 17.6. The molecule has 1 saturated carbocycles. The van der Waals surface area contributed by atoms with Gasteiger partial charge in [0.15, 0.2) is 0 Å². The highest BCUT2D eigenvalue weighted by Gasteiger charge is 2.54. The van der Waals surface area contributed by atoms with Gasteiger partial charge in [0, 0.05) is 24.4 Å². The molecule has 0 saturated heterocycles. The van der Waals surface area contributed by atoms with Gasteiger partial charge in [-0.3, -0.25) is 9.69 Å². The highest BCUT2D eigenvalue weighted by Crippen LogP contribution is 2.56. The van der Waals surface area contributed by atoms with Crippen molar-refractivity contribution in [2.24, 2.45) is 5.92 Å². The van der Waals surface area contributed by atoms with Gasteiger partial charge < -0.3 is 4.74 Å². The first-order valence-electron chi connectivity index (χ1n) is 9.34. The van der Waals surface area contributed by atoms with Gasteiger partial charge in [0.1, 0.15) is 0 Å². The second-order valence-corrected chi connectivity index (χ2v) is 7.90. The van der Waals surface area contributed by atoms with E-state index >= 15 is 0 Å². The van der Waals surface area contributed by atoms with E-state index in [4.69, 9.17) is 16.3 Å². The number of benzene rings is 2. The molecule has 2 aromatic carbocycles. The van der Waals surface area contributed by atoms with Gasteiger partial charge in [0.25, 0.3) is 0 Å². The SMILES string of the molecule is COCCC[C@@H]1CC[C@]2(C1)C(=O)N(c1ccccc1)c1ccc(Cl)cc12. The number of ether oxygens (including phenoxy) is 1. The van der Waals surface area contributed by atoms with Crippen molar-refractivity contribution in [1.82, 2.24) is 0 Å². The Morgan fingerprint density at radius 1 is 1.23 bits per heavy atom. The molecule has 136 valence electrons. The van der Waals surface area contributed by atoms with Crippen LogP contribution in [-0.2, 0) is 14.9 Å². The van der Waals surface area contributed by atoms with Crippen molar-refractivity contribution < 1.29 is 9.53 Å². The first-order valence-corrected chi connectivity index (χ1v) is 9.72. The van der Waals surface area contributed by atoms with Crippen LogP contribution in [0.5, 0.6) is 0 Å². The Labute approximate surface area is 159 Å². The number of hydrogen-bond acceptors (Lipinski definition) is 2. The van der Waals surface area contributed by atoms with Crippen LogP contribution >= 0.6 is 11.6 Å². The highest BCUT2D eigenvalue weighted by atomic mass is 35.5. The van der Waals surface area contributed by atoms with Gasteiger partial charge >= 0.3 is 0 Å². The fourth-order valence-electron chi connectivity index (χ4n) is 4.71. The molecule has 26 heavy (non-hydrogen) atoms. The van der Waals surface area contributed by atoms with Crippen LogP contribution < -0.4 is 4.90 Å². The zero-order chi connectivity index (χ0) is 18.1. The molecule has 1 fully saturated rings. The van der Waals surface area contributed by atoms with Crippen molar-refractivity contribution in [3.8, 4) is 0 Å². The largest absolute Gasteiger partial charge is 0.385 e. The summed E-state index contributed by atoms with van der Waals surface area (Å²) in [6.45, 7) is 0.788. The fraction of sp³-hybridized carbons (Fsp3) is 0.409. The van der Waals surface area contributed by atoms with Crippen LogP contribution in [0.2, 0.25) is 5.02 Å². The molecule has 1 heterocycles. The van der Waals surface area contributed by atoms with Gasteiger partial charge in [0.05, 0.1) is 11.1 Å². The summed E-state index contributed by atoms with van der Waals surface area (Å²) in [4.78, 5) is 15.5. The maximum atomic E-state index is 13.6. The molecule has 3 nitrogen and oxygen atoms in total. The maximum Gasteiger partial charge on any atom is 0.242 e. The zero-order valence-electron chi connectivity index (χ0n) is 15.1. The number of amides is 1. The number of hydrogen-bond donors (Lipinski definition) is 0. The smallest absolute Gasteiger partial charge is 0.242 e. The lowest BCUT2D eigenvalue weighted by atomic mass is 9.79. The van der Waals surface area contributed by atoms with Crippen LogP contribution in [-0.4, -0.2) is 19.6 Å². The molecule has 2 atom stereocenters. The third kappa shape index (κ3) is 2.83. The summed E-state index contributed by atoms with van der Waals surface area (Å²) < 4.78 is 5.19. The van der Waals surface area contributed by atoms with Crippen molar-refractivity contribution in [1.29, 1.82) is 0 Å². The molecular formula is C22H24ClNO2. The summed E-state index contributed by atoms with van der Waals surface area (Å²) in [5, 5.41) is 0.702. The Morgan fingerprint density at radius 3 is 2.81 bits per heavy atom. The third-order valence-corrected chi connectivity index (χ3v) is 6.15. The number of fused-ring (bicyclic) bond motifs is 2. The second-order valence-electron chi connectivity index (χ2n) is 7.46. The Balaban J connectivity index is 1.71. The average molecular weight is 370 g/mol. The lowest BCUT2D eigenvalue weighted by Crippen LogP contribution is -2.36. The summed E-state index contributed by atoms with van der Waals surface area (Å²) >= 11 is 6.32. The highest BCUT2D eigenvalue weighted by molar-refractivity contribution is 6.31. The van der Waals surface area contributed by atoms with Crippen LogP contribution in [0.25, 0.3) is 0 Å². The monoisotopic (exact) mass is 369 g/mol. The molecule has 0 unspecified atom stereocenters. The van der Waals surface area contributed by atoms with Gasteiger partial charge in [-0.25, -0.2) is 0 Å². The van der Waals surface area contributed by atoms with Crippen molar-refractivity contribution >= 4 is 28.9 Å². The molecule has 1 amide bonds. The van der Waals surface area contributed by atoms with Crippen molar-refractivity contribution in [3.63, 3.8) is 0 Å². The third-order valence-electron chi connectivity index (χ3n) is 5.92. The van der Waals surface area contributed by atoms with Crippen molar-refractivity contribution in [3.05, 3.63) is 59.1 Å². The summed E-state index contributed by atoms with van der Waals surface area (Å²) in [5.41, 5.74) is 2.60. The number of nitrogens with zero attached hydrogens (tertiary/aromatic N) is 1.